The van der Waals surface area contributed by atoms with Gasteiger partial charge in [0.15, 0.2) is 0 Å². The Kier molecular flexibility index (Phi) is 26400. The Labute approximate surface area is 115 Å². The standard InChI is InChI=1S/C4H9.6CN.Fe/c1-3-4-2;6*1-2;/h1,3-4H2,2H3;;;;;;;/q7*-1;. The number of hydrogen-bond acceptors (Lipinski definition) is 6. The maximum absolute atomic E-state index is 6.25. The molecule has 0 amide bonds. The van der Waals surface area contributed by atoms with E-state index in [0.717, 1.165) is 6.42 Å². The van der Waals surface area contributed by atoms with Gasteiger partial charge >= 0.3 is 0 Å². The predicted molar refractivity (Wildman–Crippen MR) is 50.1 cm³/mol. The summed E-state index contributed by atoms with van der Waals surface area (Å²) in [6, 6.07) is 0. The molecule has 0 saturated carbocycles. The zero-order valence-corrected chi connectivity index (χ0v) is 10.3. The summed E-state index contributed by atoms with van der Waals surface area (Å²) in [6.07, 6.45) is 2.28. The molecule has 6 nitrogen and oxygen atoms in total. The van der Waals surface area contributed by atoms with Gasteiger partial charge in [-0.2, -0.15) is 6.42 Å². The number of unbranched alkanes of at least 4 members (excludes halogenated alkanes) is 1. The van der Waals surface area contributed by atoms with Crippen LogP contribution in [0.2, 0.25) is 0 Å². The summed E-state index contributed by atoms with van der Waals surface area (Å²) in [4.78, 5) is 0. The van der Waals surface area contributed by atoms with E-state index in [0.29, 0.717) is 0 Å². The van der Waals surface area contributed by atoms with E-state index in [1.807, 2.05) is 0 Å². The minimum absolute atomic E-state index is 0. The molecule has 0 aliphatic carbocycles. The van der Waals surface area contributed by atoms with Crippen LogP contribution in [0.3, 0.4) is 0 Å². The van der Waals surface area contributed by atoms with Crippen LogP contribution in [0.1, 0.15) is 19.8 Å². The molecule has 0 heterocycles. The quantitative estimate of drug-likeness (QED) is 0.527. The van der Waals surface area contributed by atoms with Crippen LogP contribution in [0.4, 0.5) is 0 Å². The van der Waals surface area contributed by atoms with Gasteiger partial charge in [-0.05, 0) is 0 Å². The third-order valence-electron chi connectivity index (χ3n) is 0.354. The zero-order chi connectivity index (χ0) is 15.4. The summed E-state index contributed by atoms with van der Waals surface area (Å²) in [6.45, 7) is 34.2. The molecule has 0 spiro atoms. The molecule has 0 aromatic heterocycles. The van der Waals surface area contributed by atoms with Gasteiger partial charge in [0.25, 0.3) is 0 Å². The van der Waals surface area contributed by atoms with Gasteiger partial charge in [0.1, 0.15) is 0 Å². The molecule has 7 heteroatoms. The van der Waals surface area contributed by atoms with Crippen molar-refractivity contribution in [1.29, 1.82) is 31.6 Å². The second kappa shape index (κ2) is 7150. The Morgan fingerprint density at radius 1 is 0.647 bits per heavy atom. The number of rotatable bonds is 1. The molecule has 0 aliphatic rings. The van der Waals surface area contributed by atoms with Crippen LogP contribution in [0.15, 0.2) is 0 Å². The van der Waals surface area contributed by atoms with Crippen LogP contribution in [0.25, 0.3) is 0 Å². The van der Waals surface area contributed by atoms with Gasteiger partial charge in [-0.3, -0.25) is 0 Å². The fourth-order valence-electron chi connectivity index (χ4n) is 0. The molecule has 0 aromatic carbocycles. The SMILES string of the molecule is [C-]#N.[C-]#N.[C-]#N.[C-]#N.[C-]#N.[C-]#N.[CH2-]CCC.[Fe]. The van der Waals surface area contributed by atoms with E-state index in [2.05, 4.69) is 13.8 Å². The summed E-state index contributed by atoms with van der Waals surface area (Å²) in [5.41, 5.74) is 0. The van der Waals surface area contributed by atoms with Crippen LogP contribution >= 0.6 is 0 Å². The maximum Gasteiger partial charge on any atom is 0 e. The van der Waals surface area contributed by atoms with Crippen molar-refractivity contribution in [3.8, 4) is 0 Å². The Morgan fingerprint density at radius 3 is 0.706 bits per heavy atom. The van der Waals surface area contributed by atoms with Gasteiger partial charge in [0, 0.05) is 17.1 Å². The molecule has 0 atom stereocenters. The zero-order valence-electron chi connectivity index (χ0n) is 9.16. The Morgan fingerprint density at radius 2 is 0.706 bits per heavy atom. The van der Waals surface area contributed by atoms with E-state index < -0.39 is 0 Å². The van der Waals surface area contributed by atoms with Gasteiger partial charge in [-0.15, -0.1) is 0 Å². The minimum Gasteiger partial charge on any atom is -0.512 e. The van der Waals surface area contributed by atoms with Gasteiger partial charge in [0.05, 0.1) is 0 Å². The molecule has 17 heavy (non-hydrogen) atoms. The van der Waals surface area contributed by atoms with Gasteiger partial charge < -0.3 is 77.9 Å². The molecule has 0 bridgehead atoms. The van der Waals surface area contributed by atoms with Crippen molar-refractivity contribution < 1.29 is 17.1 Å². The molecule has 0 aromatic rings. The molecular weight excluding hydrogens is 260 g/mol. The Bertz CT molecular complexity index is 117. The second-order valence-electron chi connectivity index (χ2n) is 0.854. The molecule has 0 fully saturated rings. The van der Waals surface area contributed by atoms with E-state index in [-0.39, 0.29) is 17.1 Å². The monoisotopic (exact) mass is 269 g/mol. The smallest absolute Gasteiger partial charge is 0 e. The normalized spacial score (nSPS) is 2.47. The van der Waals surface area contributed by atoms with Crippen LogP contribution in [0, 0.1) is 77.9 Å². The first kappa shape index (κ1) is 62.8. The topological polar surface area (TPSA) is 143 Å². The predicted octanol–water partition coefficient (Wildman–Crippen LogP) is 2.20. The molecule has 94 valence electrons. The molecule has 0 rings (SSSR count). The summed E-state index contributed by atoms with van der Waals surface area (Å²) < 4.78 is 0. The summed E-state index contributed by atoms with van der Waals surface area (Å²) in [7, 11) is 0. The van der Waals surface area contributed by atoms with Crippen molar-refractivity contribution in [2.24, 2.45) is 0 Å². The third-order valence-corrected chi connectivity index (χ3v) is 0.354. The van der Waals surface area contributed by atoms with Crippen LogP contribution in [-0.2, 0) is 17.1 Å². The largest absolute Gasteiger partial charge is 0.512 e. The average Bonchev–Trinajstić information content (AvgIpc) is 2.51. The molecule has 0 saturated heterocycles. The van der Waals surface area contributed by atoms with E-state index >= 15 is 0 Å². The first-order valence-corrected chi connectivity index (χ1v) is 3.05. The van der Waals surface area contributed by atoms with E-state index in [1.165, 1.54) is 6.42 Å². The van der Waals surface area contributed by atoms with E-state index in [9.17, 15) is 0 Å². The van der Waals surface area contributed by atoms with Crippen molar-refractivity contribution in [3.63, 3.8) is 0 Å². The van der Waals surface area contributed by atoms with Crippen LogP contribution in [0.5, 0.6) is 0 Å². The molecule has 0 N–H and O–H groups in total. The average molecular weight is 269 g/mol. The van der Waals surface area contributed by atoms with Crippen molar-refractivity contribution in [2.75, 3.05) is 0 Å². The van der Waals surface area contributed by atoms with Crippen LogP contribution < -0.4 is 0 Å². The fourth-order valence-corrected chi connectivity index (χ4v) is 0. The molecular formula is C10H9FeN6-7. The minimum atomic E-state index is 0. The van der Waals surface area contributed by atoms with Gasteiger partial charge in [-0.25, -0.2) is 0 Å². The Balaban J connectivity index is -0.00000000946. The summed E-state index contributed by atoms with van der Waals surface area (Å²) in [5.74, 6) is 0. The summed E-state index contributed by atoms with van der Waals surface area (Å²) in [5, 5.41) is 37.5. The van der Waals surface area contributed by atoms with Gasteiger partial charge in [0.2, 0.25) is 0 Å². The van der Waals surface area contributed by atoms with Crippen molar-refractivity contribution in [2.45, 2.75) is 19.8 Å². The summed E-state index contributed by atoms with van der Waals surface area (Å²) >= 11 is 0. The van der Waals surface area contributed by atoms with Crippen molar-refractivity contribution >= 4 is 0 Å². The van der Waals surface area contributed by atoms with Crippen LogP contribution in [-0.4, -0.2) is 0 Å². The van der Waals surface area contributed by atoms with E-state index in [4.69, 9.17) is 71.0 Å². The maximum atomic E-state index is 6.25. The van der Waals surface area contributed by atoms with Crippen molar-refractivity contribution in [1.82, 2.24) is 0 Å². The number of nitrogens with zero attached hydrogens (tertiary/aromatic N) is 6. The van der Waals surface area contributed by atoms with E-state index in [1.54, 1.807) is 0 Å². The second-order valence-corrected chi connectivity index (χ2v) is 0.854. The van der Waals surface area contributed by atoms with Gasteiger partial charge in [-0.1, -0.05) is 13.3 Å². The molecule has 0 aliphatic heterocycles. The number of hydrogen-bond donors (Lipinski definition) is 0. The fraction of sp³-hybridized carbons (Fsp3) is 0.300. The Hall–Kier alpha value is -2.54. The van der Waals surface area contributed by atoms with Crippen molar-refractivity contribution in [3.05, 3.63) is 46.4 Å². The third kappa shape index (κ3) is 745. The molecule has 0 radical (unpaired) electrons. The first-order chi connectivity index (χ1) is 7.91. The first-order valence-electron chi connectivity index (χ1n) is 3.05. The molecule has 0 unspecified atom stereocenters.